The molecule has 0 amide bonds. The lowest BCUT2D eigenvalue weighted by atomic mass is 10.3. The number of methoxy groups -OCH3 is 1. The molecule has 0 bridgehead atoms. The highest BCUT2D eigenvalue weighted by Gasteiger charge is 2.09. The molecule has 0 aliphatic carbocycles. The fourth-order valence-electron chi connectivity index (χ4n) is 1.43. The molecule has 2 aromatic heterocycles. The van der Waals surface area contributed by atoms with Gasteiger partial charge in [0.25, 0.3) is 5.89 Å². The van der Waals surface area contributed by atoms with Gasteiger partial charge in [-0.2, -0.15) is 4.98 Å². The average molecular weight is 265 g/mol. The normalized spacial score (nSPS) is 10.8. The summed E-state index contributed by atoms with van der Waals surface area (Å²) in [5, 5.41) is 13.2. The number of hydrogen-bond acceptors (Lipinski definition) is 7. The Labute approximate surface area is 110 Å². The maximum absolute atomic E-state index is 9.32. The second kappa shape index (κ2) is 6.81. The molecule has 1 N–H and O–H groups in total. The van der Waals surface area contributed by atoms with Crippen LogP contribution in [-0.4, -0.2) is 47.2 Å². The summed E-state index contributed by atoms with van der Waals surface area (Å²) in [7, 11) is 1.62. The van der Waals surface area contributed by atoms with E-state index in [2.05, 4.69) is 15.1 Å². The predicted octanol–water partition coefficient (Wildman–Crippen LogP) is 1.04. The zero-order chi connectivity index (χ0) is 13.5. The quantitative estimate of drug-likeness (QED) is 0.748. The Hall–Kier alpha value is -1.99. The summed E-state index contributed by atoms with van der Waals surface area (Å²) in [6, 6.07) is 1.51. The highest BCUT2D eigenvalue weighted by Crippen LogP contribution is 2.19. The Morgan fingerprint density at radius 2 is 2.16 bits per heavy atom. The zero-order valence-electron chi connectivity index (χ0n) is 10.6. The molecule has 0 spiro atoms. The molecule has 0 saturated heterocycles. The van der Waals surface area contributed by atoms with Gasteiger partial charge in [-0.1, -0.05) is 5.16 Å². The van der Waals surface area contributed by atoms with Crippen molar-refractivity contribution in [1.29, 1.82) is 0 Å². The van der Waals surface area contributed by atoms with Gasteiger partial charge in [-0.05, 0) is 6.07 Å². The Morgan fingerprint density at radius 1 is 1.26 bits per heavy atom. The first-order chi connectivity index (χ1) is 9.29. The average Bonchev–Trinajstić information content (AvgIpc) is 2.87. The van der Waals surface area contributed by atoms with Crippen LogP contribution in [0.15, 0.2) is 23.0 Å². The van der Waals surface area contributed by atoms with Gasteiger partial charge < -0.3 is 19.1 Å². The molecule has 2 heterocycles. The minimum Gasteiger partial charge on any atom is -0.506 e. The fraction of sp³-hybridized carbons (Fsp3) is 0.417. The van der Waals surface area contributed by atoms with Gasteiger partial charge in [0.2, 0.25) is 0 Å². The van der Waals surface area contributed by atoms with Crippen LogP contribution in [0.2, 0.25) is 0 Å². The monoisotopic (exact) mass is 265 g/mol. The highest BCUT2D eigenvalue weighted by atomic mass is 16.5. The summed E-state index contributed by atoms with van der Waals surface area (Å²) in [5.74, 6) is 0.936. The lowest BCUT2D eigenvalue weighted by molar-refractivity contribution is 0.0714. The van der Waals surface area contributed by atoms with E-state index in [0.717, 1.165) is 0 Å². The molecule has 7 heteroatoms. The minimum atomic E-state index is 0.0557. The SMILES string of the molecule is COCCOCCc1noc(-c2cncc(O)c2)n1. The van der Waals surface area contributed by atoms with E-state index in [0.29, 0.717) is 43.5 Å². The van der Waals surface area contributed by atoms with E-state index in [-0.39, 0.29) is 5.75 Å². The number of ether oxygens (including phenoxy) is 2. The second-order valence-electron chi connectivity index (χ2n) is 3.80. The maximum atomic E-state index is 9.32. The Balaban J connectivity index is 1.88. The third kappa shape index (κ3) is 4.01. The van der Waals surface area contributed by atoms with E-state index >= 15 is 0 Å². The number of hydrogen-bond donors (Lipinski definition) is 1. The van der Waals surface area contributed by atoms with Crippen LogP contribution in [0.1, 0.15) is 5.82 Å². The van der Waals surface area contributed by atoms with E-state index in [9.17, 15) is 5.11 Å². The fourth-order valence-corrected chi connectivity index (χ4v) is 1.43. The Morgan fingerprint density at radius 3 is 2.95 bits per heavy atom. The van der Waals surface area contributed by atoms with Gasteiger partial charge in [-0.3, -0.25) is 4.98 Å². The number of aromatic nitrogens is 3. The van der Waals surface area contributed by atoms with Gasteiger partial charge >= 0.3 is 0 Å². The molecule has 0 unspecified atom stereocenters. The van der Waals surface area contributed by atoms with Crippen molar-refractivity contribution in [2.45, 2.75) is 6.42 Å². The smallest absolute Gasteiger partial charge is 0.259 e. The molecule has 0 aliphatic rings. The van der Waals surface area contributed by atoms with Crippen molar-refractivity contribution in [3.8, 4) is 17.2 Å². The Kier molecular flexibility index (Phi) is 4.82. The second-order valence-corrected chi connectivity index (χ2v) is 3.80. The zero-order valence-corrected chi connectivity index (χ0v) is 10.6. The van der Waals surface area contributed by atoms with Crippen LogP contribution in [0.25, 0.3) is 11.5 Å². The van der Waals surface area contributed by atoms with Crippen LogP contribution < -0.4 is 0 Å². The summed E-state index contributed by atoms with van der Waals surface area (Å²) in [4.78, 5) is 8.05. The van der Waals surface area contributed by atoms with E-state index in [1.54, 1.807) is 13.3 Å². The third-order valence-corrected chi connectivity index (χ3v) is 2.34. The van der Waals surface area contributed by atoms with Crippen molar-refractivity contribution in [2.24, 2.45) is 0 Å². The van der Waals surface area contributed by atoms with E-state index in [1.165, 1.54) is 12.3 Å². The van der Waals surface area contributed by atoms with Gasteiger partial charge in [0.05, 0.1) is 31.6 Å². The topological polar surface area (TPSA) is 90.5 Å². The highest BCUT2D eigenvalue weighted by molar-refractivity contribution is 5.53. The standard InChI is InChI=1S/C12H15N3O4/c1-17-4-5-18-3-2-11-14-12(19-15-11)9-6-10(16)8-13-7-9/h6-8,16H,2-5H2,1H3. The summed E-state index contributed by atoms with van der Waals surface area (Å²) < 4.78 is 15.3. The largest absolute Gasteiger partial charge is 0.506 e. The molecular formula is C12H15N3O4. The van der Waals surface area contributed by atoms with Gasteiger partial charge in [-0.25, -0.2) is 0 Å². The van der Waals surface area contributed by atoms with Gasteiger partial charge in [-0.15, -0.1) is 0 Å². The molecule has 19 heavy (non-hydrogen) atoms. The molecule has 0 aromatic carbocycles. The number of pyridine rings is 1. The van der Waals surface area contributed by atoms with Crippen LogP contribution in [0.5, 0.6) is 5.75 Å². The molecule has 102 valence electrons. The molecule has 0 aliphatic heterocycles. The van der Waals surface area contributed by atoms with Crippen LogP contribution in [-0.2, 0) is 15.9 Å². The van der Waals surface area contributed by atoms with Crippen molar-refractivity contribution < 1.29 is 19.1 Å². The van der Waals surface area contributed by atoms with Gasteiger partial charge in [0.1, 0.15) is 5.75 Å². The molecule has 0 saturated carbocycles. The lowest BCUT2D eigenvalue weighted by Gasteiger charge is -2.00. The number of aromatic hydroxyl groups is 1. The Bertz CT molecular complexity index is 515. The molecule has 0 fully saturated rings. The van der Waals surface area contributed by atoms with E-state index < -0.39 is 0 Å². The predicted molar refractivity (Wildman–Crippen MR) is 65.6 cm³/mol. The first-order valence-electron chi connectivity index (χ1n) is 5.83. The first-order valence-corrected chi connectivity index (χ1v) is 5.83. The lowest BCUT2D eigenvalue weighted by Crippen LogP contribution is -2.05. The number of rotatable bonds is 7. The summed E-state index contributed by atoms with van der Waals surface area (Å²) in [6.07, 6.45) is 3.44. The molecule has 0 atom stereocenters. The molecular weight excluding hydrogens is 250 g/mol. The van der Waals surface area contributed by atoms with Crippen molar-refractivity contribution in [3.05, 3.63) is 24.3 Å². The first kappa shape index (κ1) is 13.4. The minimum absolute atomic E-state index is 0.0557. The van der Waals surface area contributed by atoms with Crippen molar-refractivity contribution in [3.63, 3.8) is 0 Å². The van der Waals surface area contributed by atoms with E-state index in [1.807, 2.05) is 0 Å². The van der Waals surface area contributed by atoms with E-state index in [4.69, 9.17) is 14.0 Å². The van der Waals surface area contributed by atoms with Crippen LogP contribution >= 0.6 is 0 Å². The summed E-state index contributed by atoms with van der Waals surface area (Å²) >= 11 is 0. The van der Waals surface area contributed by atoms with Crippen molar-refractivity contribution >= 4 is 0 Å². The van der Waals surface area contributed by atoms with Crippen LogP contribution in [0.3, 0.4) is 0 Å². The summed E-state index contributed by atoms with van der Waals surface area (Å²) in [6.45, 7) is 1.60. The van der Waals surface area contributed by atoms with Crippen LogP contribution in [0.4, 0.5) is 0 Å². The van der Waals surface area contributed by atoms with Crippen molar-refractivity contribution in [2.75, 3.05) is 26.9 Å². The maximum Gasteiger partial charge on any atom is 0.259 e. The molecule has 2 rings (SSSR count). The van der Waals surface area contributed by atoms with Crippen molar-refractivity contribution in [1.82, 2.24) is 15.1 Å². The van der Waals surface area contributed by atoms with Gasteiger partial charge in [0, 0.05) is 19.7 Å². The molecule has 7 nitrogen and oxygen atoms in total. The molecule has 0 radical (unpaired) electrons. The van der Waals surface area contributed by atoms with Crippen LogP contribution in [0, 0.1) is 0 Å². The number of nitrogens with zero attached hydrogens (tertiary/aromatic N) is 3. The van der Waals surface area contributed by atoms with Gasteiger partial charge in [0.15, 0.2) is 5.82 Å². The third-order valence-electron chi connectivity index (χ3n) is 2.34. The molecule has 2 aromatic rings. The summed E-state index contributed by atoms with van der Waals surface area (Å²) in [5.41, 5.74) is 0.582.